The van der Waals surface area contributed by atoms with Crippen LogP contribution >= 0.6 is 0 Å². The molecule has 1 aromatic rings. The van der Waals surface area contributed by atoms with Crippen molar-refractivity contribution in [3.05, 3.63) is 6.20 Å². The van der Waals surface area contributed by atoms with E-state index >= 15 is 0 Å². The number of nitrogens with one attached hydrogen (secondary N) is 1. The predicted octanol–water partition coefficient (Wildman–Crippen LogP) is -1.20. The van der Waals surface area contributed by atoms with Gasteiger partial charge in [-0.1, -0.05) is 5.92 Å². The van der Waals surface area contributed by atoms with Crippen molar-refractivity contribution in [1.82, 2.24) is 14.5 Å². The molecule has 2 heterocycles. The van der Waals surface area contributed by atoms with Crippen molar-refractivity contribution in [2.75, 3.05) is 23.8 Å². The minimum absolute atomic E-state index is 0.0465. The highest BCUT2D eigenvalue weighted by Gasteiger charge is 2.39. The van der Waals surface area contributed by atoms with Gasteiger partial charge in [0.25, 0.3) is 0 Å². The summed E-state index contributed by atoms with van der Waals surface area (Å²) in [5.41, 5.74) is 5.52. The molecule has 0 saturated carbocycles. The van der Waals surface area contributed by atoms with Crippen LogP contribution in [-0.2, 0) is 19.9 Å². The van der Waals surface area contributed by atoms with Crippen molar-refractivity contribution in [2.24, 2.45) is 0 Å². The van der Waals surface area contributed by atoms with Crippen LogP contribution in [0.2, 0.25) is 0 Å². The number of nitrogen functional groups attached to an aromatic ring is 1. The number of aromatic amines is 1. The van der Waals surface area contributed by atoms with Gasteiger partial charge in [-0.2, -0.15) is 9.40 Å². The Hall–Kier alpha value is -1.57. The van der Waals surface area contributed by atoms with Crippen LogP contribution < -0.4 is 5.73 Å². The first-order valence-corrected chi connectivity index (χ1v) is 8.98. The Bertz CT molecular complexity index is 744. The van der Waals surface area contributed by atoms with Crippen LogP contribution in [0.4, 0.5) is 5.82 Å². The fourth-order valence-electron chi connectivity index (χ4n) is 2.12. The molecule has 8 nitrogen and oxygen atoms in total. The van der Waals surface area contributed by atoms with Gasteiger partial charge in [0, 0.05) is 6.04 Å². The number of rotatable bonds is 4. The van der Waals surface area contributed by atoms with E-state index in [0.717, 1.165) is 10.5 Å². The molecule has 2 rings (SSSR count). The van der Waals surface area contributed by atoms with E-state index in [2.05, 4.69) is 16.1 Å². The number of anilines is 1. The summed E-state index contributed by atoms with van der Waals surface area (Å²) in [4.78, 5) is -0.197. The minimum Gasteiger partial charge on any atom is -0.383 e. The fraction of sp³-hybridized carbons (Fsp3) is 0.500. The molecule has 1 saturated heterocycles. The predicted molar refractivity (Wildman–Crippen MR) is 72.8 cm³/mol. The molecular weight excluding hydrogens is 304 g/mol. The molecule has 0 bridgehead atoms. The van der Waals surface area contributed by atoms with Crippen LogP contribution in [0.5, 0.6) is 0 Å². The Balaban J connectivity index is 2.40. The number of hydrogen-bond acceptors (Lipinski definition) is 6. The van der Waals surface area contributed by atoms with Gasteiger partial charge in [0.15, 0.2) is 9.84 Å². The van der Waals surface area contributed by atoms with Crippen molar-refractivity contribution < 1.29 is 16.8 Å². The molecule has 1 unspecified atom stereocenters. The summed E-state index contributed by atoms with van der Waals surface area (Å²) in [6.45, 7) is -0.215. The first-order valence-electron chi connectivity index (χ1n) is 5.72. The highest BCUT2D eigenvalue weighted by atomic mass is 32.2. The fourth-order valence-corrected chi connectivity index (χ4v) is 5.52. The van der Waals surface area contributed by atoms with Gasteiger partial charge >= 0.3 is 0 Å². The van der Waals surface area contributed by atoms with E-state index in [9.17, 15) is 16.8 Å². The second kappa shape index (κ2) is 5.08. The summed E-state index contributed by atoms with van der Waals surface area (Å²) in [5, 5.41) is 5.89. The summed E-state index contributed by atoms with van der Waals surface area (Å²) in [5.74, 6) is 1.86. The van der Waals surface area contributed by atoms with E-state index in [1.807, 2.05) is 0 Å². The van der Waals surface area contributed by atoms with Gasteiger partial charge in [-0.05, 0) is 6.42 Å². The number of nitrogens with two attached hydrogens (primary N) is 1. The lowest BCUT2D eigenvalue weighted by molar-refractivity contribution is 0.371. The van der Waals surface area contributed by atoms with E-state index in [1.165, 1.54) is 0 Å². The molecule has 3 N–H and O–H groups in total. The van der Waals surface area contributed by atoms with Crippen molar-refractivity contribution in [3.63, 3.8) is 0 Å². The third-order valence-corrected chi connectivity index (χ3v) is 6.76. The summed E-state index contributed by atoms with van der Waals surface area (Å²) in [6, 6.07) is -0.671. The van der Waals surface area contributed by atoms with E-state index in [4.69, 9.17) is 12.2 Å². The molecule has 20 heavy (non-hydrogen) atoms. The number of sulfone groups is 1. The van der Waals surface area contributed by atoms with Crippen LogP contribution in [0.15, 0.2) is 11.1 Å². The van der Waals surface area contributed by atoms with Gasteiger partial charge in [-0.3, -0.25) is 5.10 Å². The molecule has 10 heteroatoms. The molecule has 0 amide bonds. The highest BCUT2D eigenvalue weighted by molar-refractivity contribution is 7.92. The zero-order valence-electron chi connectivity index (χ0n) is 10.5. The molecule has 0 spiro atoms. The number of nitrogens with zero attached hydrogens (tertiary/aromatic N) is 2. The molecule has 0 aromatic carbocycles. The number of hydrogen-bond donors (Lipinski definition) is 2. The SMILES string of the molecule is C#CCN(C1CCS(=O)(=O)C1)S(=O)(=O)c1cn[nH]c1N. The van der Waals surface area contributed by atoms with E-state index < -0.39 is 25.9 Å². The summed E-state index contributed by atoms with van der Waals surface area (Å²) >= 11 is 0. The quantitative estimate of drug-likeness (QED) is 0.672. The van der Waals surface area contributed by atoms with Gasteiger partial charge in [0.1, 0.15) is 10.7 Å². The molecule has 1 aliphatic rings. The molecule has 1 aliphatic heterocycles. The van der Waals surface area contributed by atoms with Crippen molar-refractivity contribution in [2.45, 2.75) is 17.4 Å². The van der Waals surface area contributed by atoms with Crippen LogP contribution in [-0.4, -0.2) is 55.4 Å². The van der Waals surface area contributed by atoms with Crippen LogP contribution in [0.1, 0.15) is 6.42 Å². The van der Waals surface area contributed by atoms with Gasteiger partial charge in [0.2, 0.25) is 10.0 Å². The topological polar surface area (TPSA) is 126 Å². The average molecular weight is 318 g/mol. The first-order chi connectivity index (χ1) is 9.28. The maximum Gasteiger partial charge on any atom is 0.249 e. The third-order valence-electron chi connectivity index (χ3n) is 3.08. The Kier molecular flexibility index (Phi) is 3.77. The second-order valence-electron chi connectivity index (χ2n) is 4.46. The van der Waals surface area contributed by atoms with E-state index in [0.29, 0.717) is 0 Å². The van der Waals surface area contributed by atoms with Crippen molar-refractivity contribution >= 4 is 25.7 Å². The zero-order valence-corrected chi connectivity index (χ0v) is 12.1. The third kappa shape index (κ3) is 2.65. The molecule has 110 valence electrons. The van der Waals surface area contributed by atoms with Gasteiger partial charge in [-0.25, -0.2) is 16.8 Å². The summed E-state index contributed by atoms with van der Waals surface area (Å²) in [7, 11) is -7.20. The first kappa shape index (κ1) is 14.8. The molecule has 0 radical (unpaired) electrons. The molecule has 0 aliphatic carbocycles. The lowest BCUT2D eigenvalue weighted by Crippen LogP contribution is -2.41. The lowest BCUT2D eigenvalue weighted by Gasteiger charge is -2.24. The number of aromatic nitrogens is 2. The van der Waals surface area contributed by atoms with Crippen molar-refractivity contribution in [3.8, 4) is 12.3 Å². The zero-order chi connectivity index (χ0) is 15.0. The monoisotopic (exact) mass is 318 g/mol. The van der Waals surface area contributed by atoms with Crippen LogP contribution in [0, 0.1) is 12.3 Å². The minimum atomic E-state index is -3.98. The van der Waals surface area contributed by atoms with Crippen LogP contribution in [0.3, 0.4) is 0 Å². The number of H-pyrrole nitrogens is 1. The normalized spacial score (nSPS) is 21.9. The molecular formula is C10H14N4O4S2. The summed E-state index contributed by atoms with van der Waals surface area (Å²) in [6.07, 6.45) is 6.50. The maximum atomic E-state index is 12.5. The van der Waals surface area contributed by atoms with Crippen molar-refractivity contribution in [1.29, 1.82) is 0 Å². The average Bonchev–Trinajstić information content (AvgIpc) is 2.92. The van der Waals surface area contributed by atoms with Gasteiger partial charge in [0.05, 0.1) is 24.2 Å². The smallest absolute Gasteiger partial charge is 0.249 e. The van der Waals surface area contributed by atoms with Crippen LogP contribution in [0.25, 0.3) is 0 Å². The highest BCUT2D eigenvalue weighted by Crippen LogP contribution is 2.26. The second-order valence-corrected chi connectivity index (χ2v) is 8.55. The molecule has 1 atom stereocenters. The summed E-state index contributed by atoms with van der Waals surface area (Å²) < 4.78 is 49.0. The van der Waals surface area contributed by atoms with E-state index in [1.54, 1.807) is 0 Å². The Morgan fingerprint density at radius 2 is 2.30 bits per heavy atom. The van der Waals surface area contributed by atoms with E-state index in [-0.39, 0.29) is 35.2 Å². The Morgan fingerprint density at radius 3 is 2.75 bits per heavy atom. The number of sulfonamides is 1. The maximum absolute atomic E-state index is 12.5. The Morgan fingerprint density at radius 1 is 1.60 bits per heavy atom. The standard InChI is InChI=1S/C10H14N4O4S2/c1-2-4-14(8-3-5-19(15,16)7-8)20(17,18)9-6-12-13-10(9)11/h1,6,8H,3-5,7H2,(H3,11,12,13). The number of terminal acetylenes is 1. The van der Waals surface area contributed by atoms with Gasteiger partial charge < -0.3 is 5.73 Å². The lowest BCUT2D eigenvalue weighted by atomic mass is 10.3. The van der Waals surface area contributed by atoms with Gasteiger partial charge in [-0.15, -0.1) is 6.42 Å². The largest absolute Gasteiger partial charge is 0.383 e. The molecule has 1 fully saturated rings. The Labute approximate surface area is 117 Å². The molecule has 1 aromatic heterocycles.